The zero-order chi connectivity index (χ0) is 17.4. The van der Waals surface area contributed by atoms with Crippen LogP contribution in [-0.2, 0) is 11.2 Å². The summed E-state index contributed by atoms with van der Waals surface area (Å²) in [5.74, 6) is 0.665. The molecular weight excluding hydrogens is 322 g/mol. The number of carbonyl (C=O) groups excluding carboxylic acids is 1. The van der Waals surface area contributed by atoms with Gasteiger partial charge in [0.25, 0.3) is 5.91 Å². The van der Waals surface area contributed by atoms with Crippen molar-refractivity contribution in [3.63, 3.8) is 0 Å². The molecule has 0 aliphatic heterocycles. The third-order valence-corrected chi connectivity index (χ3v) is 4.07. The minimum Gasteiger partial charge on any atom is -0.481 e. The van der Waals surface area contributed by atoms with Crippen molar-refractivity contribution < 1.29 is 9.53 Å². The Labute approximate surface area is 149 Å². The van der Waals surface area contributed by atoms with Gasteiger partial charge in [0.05, 0.1) is 0 Å². The number of ether oxygens (including phenoxy) is 1. The second-order valence-electron chi connectivity index (χ2n) is 5.85. The molecule has 0 bridgehead atoms. The molecule has 3 nitrogen and oxygen atoms in total. The van der Waals surface area contributed by atoms with Crippen molar-refractivity contribution in [2.45, 2.75) is 39.2 Å². The lowest BCUT2D eigenvalue weighted by Gasteiger charge is -2.17. The molecule has 0 aromatic heterocycles. The topological polar surface area (TPSA) is 38.3 Å². The first-order chi connectivity index (χ1) is 11.6. The van der Waals surface area contributed by atoms with E-state index in [0.717, 1.165) is 23.6 Å². The fourth-order valence-corrected chi connectivity index (χ4v) is 2.50. The minimum absolute atomic E-state index is 0.0609. The van der Waals surface area contributed by atoms with Gasteiger partial charge >= 0.3 is 0 Å². The Kier molecular flexibility index (Phi) is 7.13. The molecule has 0 fully saturated rings. The summed E-state index contributed by atoms with van der Waals surface area (Å²) in [6.07, 6.45) is 1.97. The Bertz CT molecular complexity index is 638. The Morgan fingerprint density at radius 3 is 2.42 bits per heavy atom. The third-order valence-electron chi connectivity index (χ3n) is 3.82. The number of carbonyl (C=O) groups is 1. The Hall–Kier alpha value is -2.00. The molecule has 0 spiro atoms. The second-order valence-corrected chi connectivity index (χ2v) is 6.29. The van der Waals surface area contributed by atoms with Crippen LogP contribution in [0, 0.1) is 6.92 Å². The highest BCUT2D eigenvalue weighted by Gasteiger charge is 2.17. The van der Waals surface area contributed by atoms with E-state index in [1.807, 2.05) is 62.4 Å². The first-order valence-corrected chi connectivity index (χ1v) is 8.71. The molecule has 0 saturated heterocycles. The molecule has 0 heterocycles. The molecule has 0 saturated carbocycles. The van der Waals surface area contributed by atoms with Gasteiger partial charge in [-0.15, -0.1) is 0 Å². The van der Waals surface area contributed by atoms with Crippen LogP contribution in [0.25, 0.3) is 0 Å². The predicted octanol–water partition coefficient (Wildman–Crippen LogP) is 4.55. The zero-order valence-electron chi connectivity index (χ0n) is 14.2. The van der Waals surface area contributed by atoms with Crippen molar-refractivity contribution in [2.75, 3.05) is 6.54 Å². The quantitative estimate of drug-likeness (QED) is 0.712. The number of nitrogens with one attached hydrogen (secondary N) is 1. The third kappa shape index (κ3) is 5.89. The normalized spacial score (nSPS) is 11.8. The van der Waals surface area contributed by atoms with Crippen molar-refractivity contribution in [1.29, 1.82) is 0 Å². The molecule has 2 rings (SSSR count). The van der Waals surface area contributed by atoms with Crippen LogP contribution in [0.1, 0.15) is 30.9 Å². The van der Waals surface area contributed by atoms with Crippen molar-refractivity contribution in [1.82, 2.24) is 5.32 Å². The van der Waals surface area contributed by atoms with E-state index in [-0.39, 0.29) is 5.91 Å². The number of hydrogen-bond acceptors (Lipinski definition) is 2. The van der Waals surface area contributed by atoms with Crippen molar-refractivity contribution in [3.05, 3.63) is 64.7 Å². The molecule has 1 amide bonds. The van der Waals surface area contributed by atoms with Crippen LogP contribution in [0.3, 0.4) is 0 Å². The second kappa shape index (κ2) is 9.33. The number of amides is 1. The maximum absolute atomic E-state index is 12.2. The van der Waals surface area contributed by atoms with E-state index in [4.69, 9.17) is 16.3 Å². The average molecular weight is 346 g/mol. The first kappa shape index (κ1) is 18.3. The molecule has 0 unspecified atom stereocenters. The van der Waals surface area contributed by atoms with E-state index in [1.165, 1.54) is 11.1 Å². The van der Waals surface area contributed by atoms with Crippen LogP contribution in [-0.4, -0.2) is 18.6 Å². The zero-order valence-corrected chi connectivity index (χ0v) is 15.0. The molecule has 2 aromatic carbocycles. The Morgan fingerprint density at radius 2 is 1.79 bits per heavy atom. The standard InChI is InChI=1S/C20H24ClNO2/c1-3-19(24-18-12-6-15(2)7-13-18)20(23)22-14-4-5-16-8-10-17(21)11-9-16/h6-13,19H,3-5,14H2,1-2H3,(H,22,23)/t19-/m1/s1. The molecule has 4 heteroatoms. The van der Waals surface area contributed by atoms with Gasteiger partial charge in [-0.05, 0) is 56.0 Å². The average Bonchev–Trinajstić information content (AvgIpc) is 2.59. The summed E-state index contributed by atoms with van der Waals surface area (Å²) < 4.78 is 5.78. The largest absolute Gasteiger partial charge is 0.481 e. The molecule has 0 aliphatic carbocycles. The van der Waals surface area contributed by atoms with E-state index < -0.39 is 6.10 Å². The summed E-state index contributed by atoms with van der Waals surface area (Å²) in [6, 6.07) is 15.5. The molecule has 1 N–H and O–H groups in total. The fraction of sp³-hybridized carbons (Fsp3) is 0.350. The van der Waals surface area contributed by atoms with Crippen LogP contribution >= 0.6 is 11.6 Å². The summed E-state index contributed by atoms with van der Waals surface area (Å²) in [4.78, 5) is 12.2. The number of halogens is 1. The SMILES string of the molecule is CC[C@@H](Oc1ccc(C)cc1)C(=O)NCCCc1ccc(Cl)cc1. The lowest BCUT2D eigenvalue weighted by molar-refractivity contribution is -0.128. The molecular formula is C20H24ClNO2. The first-order valence-electron chi connectivity index (χ1n) is 8.34. The lowest BCUT2D eigenvalue weighted by Crippen LogP contribution is -2.38. The van der Waals surface area contributed by atoms with Gasteiger partial charge in [0.1, 0.15) is 5.75 Å². The van der Waals surface area contributed by atoms with E-state index in [2.05, 4.69) is 5.32 Å². The number of hydrogen-bond donors (Lipinski definition) is 1. The highest BCUT2D eigenvalue weighted by molar-refractivity contribution is 6.30. The fourth-order valence-electron chi connectivity index (χ4n) is 2.37. The van der Waals surface area contributed by atoms with Crippen molar-refractivity contribution in [3.8, 4) is 5.75 Å². The van der Waals surface area contributed by atoms with E-state index in [0.29, 0.717) is 13.0 Å². The highest BCUT2D eigenvalue weighted by atomic mass is 35.5. The van der Waals surface area contributed by atoms with Gasteiger partial charge in [-0.2, -0.15) is 0 Å². The Balaban J connectivity index is 1.75. The van der Waals surface area contributed by atoms with Crippen molar-refractivity contribution in [2.24, 2.45) is 0 Å². The van der Waals surface area contributed by atoms with Gasteiger partial charge in [-0.1, -0.05) is 48.4 Å². The predicted molar refractivity (Wildman–Crippen MR) is 98.7 cm³/mol. The maximum Gasteiger partial charge on any atom is 0.261 e. The van der Waals surface area contributed by atoms with Crippen molar-refractivity contribution >= 4 is 17.5 Å². The maximum atomic E-state index is 12.2. The number of rotatable bonds is 8. The van der Waals surface area contributed by atoms with Crippen LogP contribution in [0.2, 0.25) is 5.02 Å². The number of benzene rings is 2. The van der Waals surface area contributed by atoms with E-state index in [1.54, 1.807) is 0 Å². The smallest absolute Gasteiger partial charge is 0.261 e. The van der Waals surface area contributed by atoms with Crippen LogP contribution in [0.15, 0.2) is 48.5 Å². The van der Waals surface area contributed by atoms with Gasteiger partial charge in [0, 0.05) is 11.6 Å². The van der Waals surface area contributed by atoms with Gasteiger partial charge < -0.3 is 10.1 Å². The number of aryl methyl sites for hydroxylation is 2. The summed E-state index contributed by atoms with van der Waals surface area (Å²) in [6.45, 7) is 4.61. The molecule has 1 atom stereocenters. The van der Waals surface area contributed by atoms with Gasteiger partial charge in [0.15, 0.2) is 6.10 Å². The van der Waals surface area contributed by atoms with Crippen LogP contribution in [0.5, 0.6) is 5.75 Å². The van der Waals surface area contributed by atoms with E-state index >= 15 is 0 Å². The molecule has 0 radical (unpaired) electrons. The Morgan fingerprint density at radius 1 is 1.12 bits per heavy atom. The molecule has 2 aromatic rings. The van der Waals surface area contributed by atoms with Crippen LogP contribution < -0.4 is 10.1 Å². The summed E-state index contributed by atoms with van der Waals surface area (Å²) >= 11 is 5.87. The van der Waals surface area contributed by atoms with Gasteiger partial charge in [-0.3, -0.25) is 4.79 Å². The molecule has 128 valence electrons. The summed E-state index contributed by atoms with van der Waals surface area (Å²) in [5.41, 5.74) is 2.39. The molecule has 24 heavy (non-hydrogen) atoms. The summed E-state index contributed by atoms with van der Waals surface area (Å²) in [7, 11) is 0. The van der Waals surface area contributed by atoms with Gasteiger partial charge in [-0.25, -0.2) is 0 Å². The van der Waals surface area contributed by atoms with E-state index in [9.17, 15) is 4.79 Å². The summed E-state index contributed by atoms with van der Waals surface area (Å²) in [5, 5.41) is 3.70. The monoisotopic (exact) mass is 345 g/mol. The van der Waals surface area contributed by atoms with Gasteiger partial charge in [0.2, 0.25) is 0 Å². The van der Waals surface area contributed by atoms with Crippen LogP contribution in [0.4, 0.5) is 0 Å². The lowest BCUT2D eigenvalue weighted by atomic mass is 10.1. The minimum atomic E-state index is -0.455. The molecule has 0 aliphatic rings. The highest BCUT2D eigenvalue weighted by Crippen LogP contribution is 2.15.